The fourth-order valence-corrected chi connectivity index (χ4v) is 1.76. The minimum Gasteiger partial charge on any atom is -0.299 e. The lowest BCUT2D eigenvalue weighted by atomic mass is 9.79. The summed E-state index contributed by atoms with van der Waals surface area (Å²) in [5.41, 5.74) is 0. The molecule has 70 valence electrons. The van der Waals surface area contributed by atoms with Gasteiger partial charge in [0.05, 0.1) is 0 Å². The Kier molecular flexibility index (Phi) is 3.77. The maximum absolute atomic E-state index is 11.6. The average molecular weight is 168 g/mol. The summed E-state index contributed by atoms with van der Waals surface area (Å²) in [6.45, 7) is 4.37. The van der Waals surface area contributed by atoms with Crippen LogP contribution in [-0.2, 0) is 4.79 Å². The number of Topliss-reactive ketones (excluding diaryl/α,β-unsaturated/α-hetero) is 1. The van der Waals surface area contributed by atoms with Crippen molar-refractivity contribution in [2.45, 2.75) is 52.4 Å². The number of carbonyl (C=O) groups excluding carboxylic acids is 1. The van der Waals surface area contributed by atoms with Gasteiger partial charge in [0.1, 0.15) is 5.78 Å². The molecule has 0 bridgehead atoms. The second-order valence-electron chi connectivity index (χ2n) is 3.98. The van der Waals surface area contributed by atoms with E-state index >= 15 is 0 Å². The summed E-state index contributed by atoms with van der Waals surface area (Å²) in [5, 5.41) is 0. The SMILES string of the molecule is CCC(CC)CC(=O)C1CCC1. The number of ketones is 1. The summed E-state index contributed by atoms with van der Waals surface area (Å²) in [6, 6.07) is 0. The van der Waals surface area contributed by atoms with Crippen LogP contribution in [0.3, 0.4) is 0 Å². The minimum atomic E-state index is 0.450. The maximum Gasteiger partial charge on any atom is 0.136 e. The largest absolute Gasteiger partial charge is 0.299 e. The molecule has 1 nitrogen and oxygen atoms in total. The standard InChI is InChI=1S/C11H20O/c1-3-9(4-2)8-11(12)10-6-5-7-10/h9-10H,3-8H2,1-2H3. The van der Waals surface area contributed by atoms with E-state index in [2.05, 4.69) is 13.8 Å². The molecule has 1 rings (SSSR count). The topological polar surface area (TPSA) is 17.1 Å². The van der Waals surface area contributed by atoms with Crippen LogP contribution in [0, 0.1) is 11.8 Å². The van der Waals surface area contributed by atoms with Gasteiger partial charge in [0.25, 0.3) is 0 Å². The molecule has 0 unspecified atom stereocenters. The van der Waals surface area contributed by atoms with E-state index < -0.39 is 0 Å². The Balaban J connectivity index is 2.23. The lowest BCUT2D eigenvalue weighted by Gasteiger charge is -2.25. The van der Waals surface area contributed by atoms with E-state index in [1.807, 2.05) is 0 Å². The van der Waals surface area contributed by atoms with Crippen molar-refractivity contribution in [1.82, 2.24) is 0 Å². The third-order valence-electron chi connectivity index (χ3n) is 3.21. The lowest BCUT2D eigenvalue weighted by Crippen LogP contribution is -2.23. The highest BCUT2D eigenvalue weighted by atomic mass is 16.1. The van der Waals surface area contributed by atoms with Crippen LogP contribution < -0.4 is 0 Å². The molecule has 1 fully saturated rings. The molecular formula is C11H20O. The van der Waals surface area contributed by atoms with E-state index in [1.54, 1.807) is 0 Å². The number of hydrogen-bond donors (Lipinski definition) is 0. The molecule has 0 N–H and O–H groups in total. The van der Waals surface area contributed by atoms with Crippen LogP contribution in [0.25, 0.3) is 0 Å². The van der Waals surface area contributed by atoms with E-state index in [1.165, 1.54) is 19.3 Å². The average Bonchev–Trinajstić information content (AvgIpc) is 1.96. The van der Waals surface area contributed by atoms with Crippen LogP contribution in [0.5, 0.6) is 0 Å². The van der Waals surface area contributed by atoms with Gasteiger partial charge < -0.3 is 0 Å². The van der Waals surface area contributed by atoms with E-state index in [9.17, 15) is 4.79 Å². The second-order valence-corrected chi connectivity index (χ2v) is 3.98. The number of carbonyl (C=O) groups is 1. The summed E-state index contributed by atoms with van der Waals surface area (Å²) < 4.78 is 0. The van der Waals surface area contributed by atoms with E-state index in [-0.39, 0.29) is 0 Å². The predicted octanol–water partition coefficient (Wildman–Crippen LogP) is 3.18. The molecule has 1 aliphatic carbocycles. The van der Waals surface area contributed by atoms with Crippen molar-refractivity contribution in [2.24, 2.45) is 11.8 Å². The smallest absolute Gasteiger partial charge is 0.136 e. The van der Waals surface area contributed by atoms with Crippen LogP contribution >= 0.6 is 0 Å². The molecule has 0 aliphatic heterocycles. The van der Waals surface area contributed by atoms with Gasteiger partial charge in [0, 0.05) is 12.3 Å². The quantitative estimate of drug-likeness (QED) is 0.616. The summed E-state index contributed by atoms with van der Waals surface area (Å²) in [6.07, 6.45) is 6.78. The first kappa shape index (κ1) is 9.76. The Hall–Kier alpha value is -0.330. The molecule has 0 heterocycles. The normalized spacial score (nSPS) is 17.9. The van der Waals surface area contributed by atoms with E-state index in [0.29, 0.717) is 17.6 Å². The highest BCUT2D eigenvalue weighted by Crippen LogP contribution is 2.30. The molecule has 0 saturated heterocycles. The van der Waals surface area contributed by atoms with Crippen LogP contribution in [0.4, 0.5) is 0 Å². The molecule has 12 heavy (non-hydrogen) atoms. The molecule has 1 saturated carbocycles. The summed E-state index contributed by atoms with van der Waals surface area (Å²) in [4.78, 5) is 11.6. The van der Waals surface area contributed by atoms with Crippen molar-refractivity contribution >= 4 is 5.78 Å². The van der Waals surface area contributed by atoms with Crippen LogP contribution in [0.1, 0.15) is 52.4 Å². The third-order valence-corrected chi connectivity index (χ3v) is 3.21. The van der Waals surface area contributed by atoms with E-state index in [4.69, 9.17) is 0 Å². The van der Waals surface area contributed by atoms with Crippen molar-refractivity contribution in [3.05, 3.63) is 0 Å². The highest BCUT2D eigenvalue weighted by molar-refractivity contribution is 5.81. The van der Waals surface area contributed by atoms with Crippen molar-refractivity contribution in [2.75, 3.05) is 0 Å². The molecule has 0 aromatic rings. The Morgan fingerprint density at radius 3 is 2.25 bits per heavy atom. The van der Waals surface area contributed by atoms with Gasteiger partial charge in [-0.15, -0.1) is 0 Å². The monoisotopic (exact) mass is 168 g/mol. The zero-order valence-corrected chi connectivity index (χ0v) is 8.31. The van der Waals surface area contributed by atoms with Gasteiger partial charge >= 0.3 is 0 Å². The first-order chi connectivity index (χ1) is 5.77. The Morgan fingerprint density at radius 1 is 1.33 bits per heavy atom. The van der Waals surface area contributed by atoms with Crippen molar-refractivity contribution in [3.8, 4) is 0 Å². The minimum absolute atomic E-state index is 0.450. The van der Waals surface area contributed by atoms with Crippen molar-refractivity contribution in [1.29, 1.82) is 0 Å². The fraction of sp³-hybridized carbons (Fsp3) is 0.909. The van der Waals surface area contributed by atoms with Crippen molar-refractivity contribution in [3.63, 3.8) is 0 Å². The summed E-state index contributed by atoms with van der Waals surface area (Å²) in [5.74, 6) is 1.64. The van der Waals surface area contributed by atoms with Gasteiger partial charge in [-0.25, -0.2) is 0 Å². The molecule has 0 spiro atoms. The number of hydrogen-bond acceptors (Lipinski definition) is 1. The Labute approximate surface area is 75.5 Å². The van der Waals surface area contributed by atoms with Gasteiger partial charge in [0.2, 0.25) is 0 Å². The maximum atomic E-state index is 11.6. The molecule has 1 aliphatic rings. The summed E-state index contributed by atoms with van der Waals surface area (Å²) in [7, 11) is 0. The van der Waals surface area contributed by atoms with Crippen LogP contribution in [0.2, 0.25) is 0 Å². The van der Waals surface area contributed by atoms with E-state index in [0.717, 1.165) is 19.3 Å². The van der Waals surface area contributed by atoms with Crippen molar-refractivity contribution < 1.29 is 4.79 Å². The fourth-order valence-electron chi connectivity index (χ4n) is 1.76. The van der Waals surface area contributed by atoms with Gasteiger partial charge in [0.15, 0.2) is 0 Å². The highest BCUT2D eigenvalue weighted by Gasteiger charge is 2.25. The zero-order chi connectivity index (χ0) is 8.97. The molecular weight excluding hydrogens is 148 g/mol. The Morgan fingerprint density at radius 2 is 1.92 bits per heavy atom. The molecule has 0 aromatic carbocycles. The first-order valence-corrected chi connectivity index (χ1v) is 5.30. The Bertz CT molecular complexity index is 143. The molecule has 1 heteroatoms. The summed E-state index contributed by atoms with van der Waals surface area (Å²) >= 11 is 0. The van der Waals surface area contributed by atoms with Gasteiger partial charge in [-0.1, -0.05) is 33.1 Å². The third kappa shape index (κ3) is 2.33. The lowest BCUT2D eigenvalue weighted by molar-refractivity contribution is -0.126. The molecule has 0 aromatic heterocycles. The molecule has 0 radical (unpaired) electrons. The van der Waals surface area contributed by atoms with Crippen LogP contribution in [-0.4, -0.2) is 5.78 Å². The first-order valence-electron chi connectivity index (χ1n) is 5.30. The van der Waals surface area contributed by atoms with Crippen LogP contribution in [0.15, 0.2) is 0 Å². The second kappa shape index (κ2) is 4.64. The molecule has 0 atom stereocenters. The van der Waals surface area contributed by atoms with Gasteiger partial charge in [-0.3, -0.25) is 4.79 Å². The van der Waals surface area contributed by atoms with Gasteiger partial charge in [-0.05, 0) is 18.8 Å². The molecule has 0 amide bonds. The van der Waals surface area contributed by atoms with Gasteiger partial charge in [-0.2, -0.15) is 0 Å². The predicted molar refractivity (Wildman–Crippen MR) is 51.0 cm³/mol. The zero-order valence-electron chi connectivity index (χ0n) is 8.31. The number of rotatable bonds is 5.